The maximum Gasteiger partial charge on any atom is 0.329 e. The minimum absolute atomic E-state index is 0.297. The van der Waals surface area contributed by atoms with Crippen molar-refractivity contribution in [3.8, 4) is 0 Å². The SMILES string of the molecule is CCC(C)(C)C(=O)C(=O)N1CCCCC1C(=O)OC(CO)CCc1cccnc1. The van der Waals surface area contributed by atoms with Crippen LogP contribution < -0.4 is 0 Å². The van der Waals surface area contributed by atoms with Gasteiger partial charge in [0.25, 0.3) is 5.91 Å². The Morgan fingerprint density at radius 1 is 1.34 bits per heavy atom. The second-order valence-corrected chi connectivity index (χ2v) is 8.22. The fraction of sp³-hybridized carbons (Fsp3) is 0.636. The molecule has 0 aliphatic carbocycles. The van der Waals surface area contributed by atoms with Crippen molar-refractivity contribution in [2.75, 3.05) is 13.2 Å². The van der Waals surface area contributed by atoms with Crippen molar-refractivity contribution in [3.05, 3.63) is 30.1 Å². The van der Waals surface area contributed by atoms with Gasteiger partial charge in [-0.05, 0) is 50.2 Å². The minimum atomic E-state index is -0.778. The topological polar surface area (TPSA) is 96.8 Å². The van der Waals surface area contributed by atoms with E-state index in [0.717, 1.165) is 18.4 Å². The van der Waals surface area contributed by atoms with Crippen LogP contribution in [0.1, 0.15) is 58.4 Å². The number of aliphatic hydroxyl groups excluding tert-OH is 1. The molecule has 0 bridgehead atoms. The number of pyridine rings is 1. The molecule has 1 aromatic rings. The lowest BCUT2D eigenvalue weighted by Gasteiger charge is -2.36. The van der Waals surface area contributed by atoms with Crippen LogP contribution in [0, 0.1) is 5.41 Å². The van der Waals surface area contributed by atoms with E-state index in [4.69, 9.17) is 4.74 Å². The largest absolute Gasteiger partial charge is 0.458 e. The van der Waals surface area contributed by atoms with Crippen molar-refractivity contribution in [1.82, 2.24) is 9.88 Å². The van der Waals surface area contributed by atoms with Crippen LogP contribution in [-0.4, -0.2) is 57.9 Å². The second kappa shape index (κ2) is 10.5. The van der Waals surface area contributed by atoms with E-state index in [1.807, 2.05) is 19.1 Å². The average molecular weight is 405 g/mol. The predicted molar refractivity (Wildman–Crippen MR) is 108 cm³/mol. The third kappa shape index (κ3) is 6.10. The van der Waals surface area contributed by atoms with Gasteiger partial charge < -0.3 is 14.7 Å². The van der Waals surface area contributed by atoms with E-state index in [1.165, 1.54) is 4.90 Å². The molecule has 0 saturated carbocycles. The lowest BCUT2D eigenvalue weighted by Crippen LogP contribution is -2.53. The number of likely N-dealkylation sites (tertiary alicyclic amines) is 1. The molecule has 0 aromatic carbocycles. The molecule has 0 radical (unpaired) electrons. The first-order valence-corrected chi connectivity index (χ1v) is 10.4. The Morgan fingerprint density at radius 2 is 2.10 bits per heavy atom. The summed E-state index contributed by atoms with van der Waals surface area (Å²) in [6, 6.07) is 2.97. The van der Waals surface area contributed by atoms with Crippen molar-refractivity contribution in [2.24, 2.45) is 5.41 Å². The van der Waals surface area contributed by atoms with E-state index in [1.54, 1.807) is 26.2 Å². The van der Waals surface area contributed by atoms with Gasteiger partial charge in [-0.2, -0.15) is 0 Å². The highest BCUT2D eigenvalue weighted by Gasteiger charge is 2.40. The van der Waals surface area contributed by atoms with Crippen molar-refractivity contribution in [2.45, 2.75) is 71.4 Å². The first kappa shape index (κ1) is 23.0. The van der Waals surface area contributed by atoms with Gasteiger partial charge in [0.15, 0.2) is 0 Å². The molecule has 160 valence electrons. The maximum atomic E-state index is 12.8. The number of nitrogens with zero attached hydrogens (tertiary/aromatic N) is 2. The zero-order valence-corrected chi connectivity index (χ0v) is 17.6. The van der Waals surface area contributed by atoms with Crippen LogP contribution >= 0.6 is 0 Å². The highest BCUT2D eigenvalue weighted by molar-refractivity contribution is 6.38. The number of rotatable bonds is 9. The number of hydrogen-bond acceptors (Lipinski definition) is 6. The number of carbonyl (C=O) groups excluding carboxylic acids is 3. The maximum absolute atomic E-state index is 12.8. The number of aliphatic hydroxyl groups is 1. The van der Waals surface area contributed by atoms with Crippen LogP contribution in [-0.2, 0) is 25.5 Å². The molecule has 1 fully saturated rings. The molecule has 2 unspecified atom stereocenters. The first-order valence-electron chi connectivity index (χ1n) is 10.4. The van der Waals surface area contributed by atoms with Gasteiger partial charge >= 0.3 is 5.97 Å². The van der Waals surface area contributed by atoms with Crippen LogP contribution in [0.5, 0.6) is 0 Å². The third-order valence-electron chi connectivity index (χ3n) is 5.69. The molecule has 1 amide bonds. The molecular weight excluding hydrogens is 372 g/mol. The molecule has 2 atom stereocenters. The number of aromatic nitrogens is 1. The van der Waals surface area contributed by atoms with Gasteiger partial charge in [0.05, 0.1) is 6.61 Å². The predicted octanol–water partition coefficient (Wildman–Crippen LogP) is 2.30. The van der Waals surface area contributed by atoms with E-state index in [0.29, 0.717) is 32.2 Å². The van der Waals surface area contributed by atoms with Crippen LogP contribution in [0.25, 0.3) is 0 Å². The number of ether oxygens (including phenoxy) is 1. The third-order valence-corrected chi connectivity index (χ3v) is 5.69. The van der Waals surface area contributed by atoms with E-state index >= 15 is 0 Å². The Labute approximate surface area is 172 Å². The Balaban J connectivity index is 2.02. The highest BCUT2D eigenvalue weighted by atomic mass is 16.6. The standard InChI is InChI=1S/C22H32N2O5/c1-4-22(2,3)19(26)20(27)24-13-6-5-9-18(24)21(28)29-17(15-25)11-10-16-8-7-12-23-14-16/h7-8,12,14,17-18,25H,4-6,9-11,13,15H2,1-3H3. The molecule has 1 aliphatic rings. The minimum Gasteiger partial charge on any atom is -0.458 e. The second-order valence-electron chi connectivity index (χ2n) is 8.22. The summed E-state index contributed by atoms with van der Waals surface area (Å²) in [7, 11) is 0. The molecule has 1 N–H and O–H groups in total. The van der Waals surface area contributed by atoms with Gasteiger partial charge in [-0.1, -0.05) is 26.8 Å². The van der Waals surface area contributed by atoms with Gasteiger partial charge in [-0.25, -0.2) is 4.79 Å². The fourth-order valence-electron chi connectivity index (χ4n) is 3.30. The summed E-state index contributed by atoms with van der Waals surface area (Å²) in [5, 5.41) is 9.63. The molecule has 2 heterocycles. The highest BCUT2D eigenvalue weighted by Crippen LogP contribution is 2.26. The number of ketones is 1. The summed E-state index contributed by atoms with van der Waals surface area (Å²) in [6.07, 6.45) is 6.37. The number of Topliss-reactive ketones (excluding diaryl/α,β-unsaturated/α-hetero) is 1. The zero-order chi connectivity index (χ0) is 21.4. The van der Waals surface area contributed by atoms with Crippen molar-refractivity contribution >= 4 is 17.7 Å². The Kier molecular flexibility index (Phi) is 8.32. The molecule has 2 rings (SSSR count). The fourth-order valence-corrected chi connectivity index (χ4v) is 3.30. The summed E-state index contributed by atoms with van der Waals surface area (Å²) in [6.45, 7) is 5.41. The summed E-state index contributed by atoms with van der Waals surface area (Å²) in [5.41, 5.74) is 0.226. The van der Waals surface area contributed by atoms with Crippen molar-refractivity contribution < 1.29 is 24.2 Å². The Bertz CT molecular complexity index is 704. The Hall–Kier alpha value is -2.28. The van der Waals surface area contributed by atoms with Gasteiger partial charge in [-0.3, -0.25) is 14.6 Å². The molecule has 7 heteroatoms. The lowest BCUT2D eigenvalue weighted by molar-refractivity contribution is -0.165. The number of carbonyl (C=O) groups is 3. The smallest absolute Gasteiger partial charge is 0.329 e. The quantitative estimate of drug-likeness (QED) is 0.501. The molecule has 1 aromatic heterocycles. The van der Waals surface area contributed by atoms with Crippen LogP contribution in [0.4, 0.5) is 0 Å². The Morgan fingerprint density at radius 3 is 2.72 bits per heavy atom. The molecule has 0 spiro atoms. The van der Waals surface area contributed by atoms with Crippen molar-refractivity contribution in [1.29, 1.82) is 0 Å². The van der Waals surface area contributed by atoms with Gasteiger partial charge in [0.2, 0.25) is 5.78 Å². The lowest BCUT2D eigenvalue weighted by atomic mass is 9.84. The van der Waals surface area contributed by atoms with Gasteiger partial charge in [-0.15, -0.1) is 0 Å². The molecule has 29 heavy (non-hydrogen) atoms. The summed E-state index contributed by atoms with van der Waals surface area (Å²) in [5.74, 6) is -1.64. The number of aryl methyl sites for hydroxylation is 1. The molecule has 1 saturated heterocycles. The van der Waals surface area contributed by atoms with Gasteiger partial charge in [0.1, 0.15) is 12.1 Å². The monoisotopic (exact) mass is 404 g/mol. The van der Waals surface area contributed by atoms with E-state index < -0.39 is 35.2 Å². The summed E-state index contributed by atoms with van der Waals surface area (Å²) < 4.78 is 5.52. The molecular formula is C22H32N2O5. The molecule has 7 nitrogen and oxygen atoms in total. The van der Waals surface area contributed by atoms with Crippen molar-refractivity contribution in [3.63, 3.8) is 0 Å². The number of amides is 1. The number of hydrogen-bond donors (Lipinski definition) is 1. The number of piperidine rings is 1. The van der Waals surface area contributed by atoms with Crippen LogP contribution in [0.15, 0.2) is 24.5 Å². The molecule has 1 aliphatic heterocycles. The van der Waals surface area contributed by atoms with E-state index in [-0.39, 0.29) is 6.61 Å². The number of esters is 1. The van der Waals surface area contributed by atoms with Gasteiger partial charge in [0, 0.05) is 24.4 Å². The first-order chi connectivity index (χ1) is 13.8. The normalized spacial score (nSPS) is 18.2. The summed E-state index contributed by atoms with van der Waals surface area (Å²) in [4.78, 5) is 43.6. The van der Waals surface area contributed by atoms with Crippen LogP contribution in [0.2, 0.25) is 0 Å². The van der Waals surface area contributed by atoms with E-state index in [9.17, 15) is 19.5 Å². The average Bonchev–Trinajstić information content (AvgIpc) is 2.76. The van der Waals surface area contributed by atoms with E-state index in [2.05, 4.69) is 4.98 Å². The van der Waals surface area contributed by atoms with Crippen LogP contribution in [0.3, 0.4) is 0 Å². The summed E-state index contributed by atoms with van der Waals surface area (Å²) >= 11 is 0. The zero-order valence-electron chi connectivity index (χ0n) is 17.6.